The van der Waals surface area contributed by atoms with Crippen LogP contribution in [-0.2, 0) is 6.42 Å². The van der Waals surface area contributed by atoms with E-state index in [1.165, 1.54) is 12.1 Å². The Morgan fingerprint density at radius 1 is 1.29 bits per heavy atom. The number of hydrogen-bond donors (Lipinski definition) is 1. The molecule has 2 nitrogen and oxygen atoms in total. The van der Waals surface area contributed by atoms with Gasteiger partial charge in [0, 0.05) is 11.8 Å². The lowest BCUT2D eigenvalue weighted by Crippen LogP contribution is -1.90. The van der Waals surface area contributed by atoms with Crippen LogP contribution in [-0.4, -0.2) is 10.2 Å². The van der Waals surface area contributed by atoms with E-state index < -0.39 is 0 Å². The largest absolute Gasteiger partial charge is 0.278 e. The smallest absolute Gasteiger partial charge is 0.123 e. The second-order valence-electron chi connectivity index (χ2n) is 3.95. The van der Waals surface area contributed by atoms with E-state index in [0.29, 0.717) is 6.42 Å². The Hall–Kier alpha value is -2.16. The first-order chi connectivity index (χ1) is 8.33. The number of aromatic amines is 1. The monoisotopic (exact) mass is 225 g/mol. The molecule has 2 aromatic carbocycles. The van der Waals surface area contributed by atoms with Crippen molar-refractivity contribution in [3.05, 3.63) is 65.6 Å². The molecular weight excluding hydrogens is 215 g/mol. The highest BCUT2D eigenvalue weighted by molar-refractivity contribution is 5.81. The molecule has 0 unspecified atom stereocenters. The molecule has 1 radical (unpaired) electrons. The quantitative estimate of drug-likeness (QED) is 0.713. The summed E-state index contributed by atoms with van der Waals surface area (Å²) < 4.78 is 13.1. The molecule has 0 spiro atoms. The summed E-state index contributed by atoms with van der Waals surface area (Å²) in [7, 11) is 0. The molecule has 1 heterocycles. The number of fused-ring (bicyclic) bond motifs is 1. The van der Waals surface area contributed by atoms with E-state index in [0.717, 1.165) is 22.2 Å². The van der Waals surface area contributed by atoms with Crippen molar-refractivity contribution in [1.29, 1.82) is 0 Å². The van der Waals surface area contributed by atoms with Gasteiger partial charge in [0.15, 0.2) is 0 Å². The highest BCUT2D eigenvalue weighted by Crippen LogP contribution is 2.18. The van der Waals surface area contributed by atoms with Gasteiger partial charge in [-0.25, -0.2) is 4.39 Å². The molecule has 0 saturated heterocycles. The number of H-pyrrole nitrogens is 1. The third-order valence-electron chi connectivity index (χ3n) is 2.75. The molecule has 0 aliphatic rings. The fourth-order valence-corrected chi connectivity index (χ4v) is 1.93. The van der Waals surface area contributed by atoms with Crippen molar-refractivity contribution < 1.29 is 4.39 Å². The Kier molecular flexibility index (Phi) is 2.37. The van der Waals surface area contributed by atoms with Crippen LogP contribution < -0.4 is 0 Å². The number of nitrogens with one attached hydrogen (secondary N) is 1. The zero-order chi connectivity index (χ0) is 11.7. The number of hydrogen-bond acceptors (Lipinski definition) is 1. The van der Waals surface area contributed by atoms with Crippen LogP contribution in [0.5, 0.6) is 0 Å². The predicted octanol–water partition coefficient (Wildman–Crippen LogP) is 3.09. The van der Waals surface area contributed by atoms with Crippen molar-refractivity contribution in [3.63, 3.8) is 0 Å². The summed E-state index contributed by atoms with van der Waals surface area (Å²) in [6, 6.07) is 15.3. The molecule has 0 aliphatic heterocycles. The van der Waals surface area contributed by atoms with Crippen molar-refractivity contribution in [1.82, 2.24) is 10.2 Å². The van der Waals surface area contributed by atoms with Crippen LogP contribution in [0.2, 0.25) is 0 Å². The first-order valence-electron chi connectivity index (χ1n) is 5.40. The molecule has 0 aliphatic carbocycles. The van der Waals surface area contributed by atoms with Gasteiger partial charge < -0.3 is 0 Å². The van der Waals surface area contributed by atoms with Crippen molar-refractivity contribution in [2.45, 2.75) is 6.42 Å². The fourth-order valence-electron chi connectivity index (χ4n) is 1.93. The Morgan fingerprint density at radius 2 is 2.24 bits per heavy atom. The summed E-state index contributed by atoms with van der Waals surface area (Å²) in [5, 5.41) is 8.25. The minimum absolute atomic E-state index is 0.214. The van der Waals surface area contributed by atoms with E-state index in [4.69, 9.17) is 0 Å². The lowest BCUT2D eigenvalue weighted by atomic mass is 10.1. The summed E-state index contributed by atoms with van der Waals surface area (Å²) in [4.78, 5) is 0. The number of benzene rings is 2. The van der Waals surface area contributed by atoms with Crippen LogP contribution in [0.3, 0.4) is 0 Å². The third kappa shape index (κ3) is 1.91. The molecule has 0 atom stereocenters. The molecular formula is C14H10FN2. The number of nitrogens with zero attached hydrogens (tertiary/aromatic N) is 1. The standard InChI is InChI=1S/C14H10FN2/c15-11-5-3-4-10(8-11)9-14-12-6-1-2-7-13(12)16-17-14/h2-8H,9H2,(H,16,17). The van der Waals surface area contributed by atoms with Crippen molar-refractivity contribution in [2.24, 2.45) is 0 Å². The molecule has 0 saturated carbocycles. The lowest BCUT2D eigenvalue weighted by Gasteiger charge is -1.99. The van der Waals surface area contributed by atoms with Crippen LogP contribution in [0.1, 0.15) is 11.3 Å². The summed E-state index contributed by atoms with van der Waals surface area (Å²) in [5.41, 5.74) is 2.82. The molecule has 3 aromatic rings. The van der Waals surface area contributed by atoms with Gasteiger partial charge in [-0.3, -0.25) is 5.10 Å². The van der Waals surface area contributed by atoms with Crippen LogP contribution >= 0.6 is 0 Å². The molecule has 0 amide bonds. The summed E-state index contributed by atoms with van der Waals surface area (Å²) in [6.07, 6.45) is 0.621. The lowest BCUT2D eigenvalue weighted by molar-refractivity contribution is 0.626. The SMILES string of the molecule is Fc1cccc(Cc2n[nH]c3cc[c]cc23)c1. The van der Waals surface area contributed by atoms with Crippen molar-refractivity contribution in [3.8, 4) is 0 Å². The average molecular weight is 225 g/mol. The molecule has 83 valence electrons. The molecule has 0 fully saturated rings. The van der Waals surface area contributed by atoms with Gasteiger partial charge in [0.1, 0.15) is 5.82 Å². The Morgan fingerprint density at radius 3 is 3.12 bits per heavy atom. The highest BCUT2D eigenvalue weighted by atomic mass is 19.1. The molecule has 0 bridgehead atoms. The molecule has 1 aromatic heterocycles. The van der Waals surface area contributed by atoms with Crippen molar-refractivity contribution >= 4 is 10.9 Å². The highest BCUT2D eigenvalue weighted by Gasteiger charge is 2.06. The number of aromatic nitrogens is 2. The minimum Gasteiger partial charge on any atom is -0.278 e. The first kappa shape index (κ1) is 10.0. The third-order valence-corrected chi connectivity index (χ3v) is 2.75. The molecule has 3 rings (SSSR count). The van der Waals surface area contributed by atoms with Crippen LogP contribution in [0, 0.1) is 11.9 Å². The van der Waals surface area contributed by atoms with Crippen LogP contribution in [0.15, 0.2) is 42.5 Å². The normalized spacial score (nSPS) is 10.9. The first-order valence-corrected chi connectivity index (χ1v) is 5.40. The van der Waals surface area contributed by atoms with Gasteiger partial charge in [-0.1, -0.05) is 18.2 Å². The number of rotatable bonds is 2. The van der Waals surface area contributed by atoms with Gasteiger partial charge in [0.2, 0.25) is 0 Å². The molecule has 17 heavy (non-hydrogen) atoms. The Balaban J connectivity index is 2.00. The van der Waals surface area contributed by atoms with E-state index in [2.05, 4.69) is 16.3 Å². The van der Waals surface area contributed by atoms with Gasteiger partial charge in [-0.05, 0) is 35.9 Å². The summed E-state index contributed by atoms with van der Waals surface area (Å²) >= 11 is 0. The maximum Gasteiger partial charge on any atom is 0.123 e. The van der Waals surface area contributed by atoms with Gasteiger partial charge in [-0.2, -0.15) is 5.10 Å². The van der Waals surface area contributed by atoms with Gasteiger partial charge in [0.05, 0.1) is 11.2 Å². The van der Waals surface area contributed by atoms with E-state index >= 15 is 0 Å². The van der Waals surface area contributed by atoms with E-state index in [1.54, 1.807) is 6.07 Å². The van der Waals surface area contributed by atoms with Crippen LogP contribution in [0.4, 0.5) is 4.39 Å². The maximum atomic E-state index is 13.1. The Bertz CT molecular complexity index is 658. The summed E-state index contributed by atoms with van der Waals surface area (Å²) in [6.45, 7) is 0. The second kappa shape index (κ2) is 4.01. The zero-order valence-corrected chi connectivity index (χ0v) is 9.07. The van der Waals surface area contributed by atoms with Gasteiger partial charge >= 0.3 is 0 Å². The predicted molar refractivity (Wildman–Crippen MR) is 64.1 cm³/mol. The zero-order valence-electron chi connectivity index (χ0n) is 9.07. The number of halogens is 1. The molecule has 1 N–H and O–H groups in total. The van der Waals surface area contributed by atoms with Gasteiger partial charge in [0.25, 0.3) is 0 Å². The van der Waals surface area contributed by atoms with Gasteiger partial charge in [-0.15, -0.1) is 0 Å². The fraction of sp³-hybridized carbons (Fsp3) is 0.0714. The van der Waals surface area contributed by atoms with E-state index in [1.807, 2.05) is 24.3 Å². The maximum absolute atomic E-state index is 13.1. The van der Waals surface area contributed by atoms with Crippen molar-refractivity contribution in [2.75, 3.05) is 0 Å². The summed E-state index contributed by atoms with van der Waals surface area (Å²) in [5.74, 6) is -0.214. The van der Waals surface area contributed by atoms with E-state index in [9.17, 15) is 4.39 Å². The second-order valence-corrected chi connectivity index (χ2v) is 3.95. The Labute approximate surface area is 98.1 Å². The van der Waals surface area contributed by atoms with Crippen LogP contribution in [0.25, 0.3) is 10.9 Å². The average Bonchev–Trinajstić information content (AvgIpc) is 2.73. The van der Waals surface area contributed by atoms with E-state index in [-0.39, 0.29) is 5.82 Å². The minimum atomic E-state index is -0.214. The molecule has 3 heteroatoms. The topological polar surface area (TPSA) is 28.7 Å².